The fourth-order valence-corrected chi connectivity index (χ4v) is 6.20. The number of carboxylic acid groups (broad SMARTS) is 1. The Morgan fingerprint density at radius 1 is 1.14 bits per heavy atom. The van der Waals surface area contributed by atoms with Gasteiger partial charge in [-0.05, 0) is 61.7 Å². The maximum absolute atomic E-state index is 11.1. The highest BCUT2D eigenvalue weighted by molar-refractivity contribution is 5.67. The van der Waals surface area contributed by atoms with Gasteiger partial charge in [0, 0.05) is 19.1 Å². The zero-order chi connectivity index (χ0) is 14.4. The lowest BCUT2D eigenvalue weighted by Crippen LogP contribution is -2.55. The molecule has 0 aromatic heterocycles. The van der Waals surface area contributed by atoms with Crippen LogP contribution >= 0.6 is 0 Å². The first-order valence-electron chi connectivity index (χ1n) is 8.65. The molecule has 1 aliphatic heterocycles. The molecule has 0 amide bonds. The van der Waals surface area contributed by atoms with Gasteiger partial charge in [-0.2, -0.15) is 0 Å². The molecule has 0 aromatic rings. The van der Waals surface area contributed by atoms with Crippen molar-refractivity contribution >= 4 is 5.97 Å². The van der Waals surface area contributed by atoms with Crippen LogP contribution in [0.25, 0.3) is 0 Å². The minimum atomic E-state index is -0.694. The van der Waals surface area contributed by atoms with Crippen LogP contribution in [-0.2, 0) is 9.53 Å². The number of nitrogens with zero attached hydrogens (tertiary/aromatic N) is 1. The standard InChI is InChI=1S/C17H27NO3/c19-16(20)6-15-10-21-2-1-18(15)11-17-7-12-3-13(8-17)5-14(4-12)9-17/h12-15H,1-11H2,(H,19,20). The summed E-state index contributed by atoms with van der Waals surface area (Å²) < 4.78 is 5.53. The molecule has 1 N–H and O–H groups in total. The van der Waals surface area contributed by atoms with E-state index < -0.39 is 5.97 Å². The molecule has 1 saturated heterocycles. The Morgan fingerprint density at radius 3 is 2.33 bits per heavy atom. The fraction of sp³-hybridized carbons (Fsp3) is 0.941. The number of hydrogen-bond donors (Lipinski definition) is 1. The lowest BCUT2D eigenvalue weighted by Gasteiger charge is -2.58. The third-order valence-corrected chi connectivity index (χ3v) is 6.46. The molecule has 0 spiro atoms. The van der Waals surface area contributed by atoms with E-state index in [1.165, 1.54) is 38.5 Å². The summed E-state index contributed by atoms with van der Waals surface area (Å²) in [4.78, 5) is 13.5. The molecule has 5 rings (SSSR count). The van der Waals surface area contributed by atoms with Crippen LogP contribution in [0, 0.1) is 23.2 Å². The van der Waals surface area contributed by atoms with Gasteiger partial charge in [0.25, 0.3) is 0 Å². The molecule has 4 nitrogen and oxygen atoms in total. The molecular formula is C17H27NO3. The summed E-state index contributed by atoms with van der Waals surface area (Å²) in [5, 5.41) is 9.13. The average molecular weight is 293 g/mol. The predicted octanol–water partition coefficient (Wildman–Crippen LogP) is 2.38. The molecule has 4 aliphatic carbocycles. The molecule has 4 heteroatoms. The molecule has 5 fully saturated rings. The van der Waals surface area contributed by atoms with E-state index >= 15 is 0 Å². The minimum Gasteiger partial charge on any atom is -0.481 e. The van der Waals surface area contributed by atoms with E-state index in [0.717, 1.165) is 37.5 Å². The minimum absolute atomic E-state index is 0.0873. The summed E-state index contributed by atoms with van der Waals surface area (Å²) >= 11 is 0. The third kappa shape index (κ3) is 2.72. The van der Waals surface area contributed by atoms with Gasteiger partial charge in [-0.3, -0.25) is 9.69 Å². The van der Waals surface area contributed by atoms with Crippen molar-refractivity contribution in [3.05, 3.63) is 0 Å². The van der Waals surface area contributed by atoms with Gasteiger partial charge in [0.05, 0.1) is 19.6 Å². The highest BCUT2D eigenvalue weighted by atomic mass is 16.5. The number of morpholine rings is 1. The van der Waals surface area contributed by atoms with Crippen molar-refractivity contribution in [1.82, 2.24) is 4.90 Å². The van der Waals surface area contributed by atoms with Crippen LogP contribution in [0.1, 0.15) is 44.9 Å². The van der Waals surface area contributed by atoms with Gasteiger partial charge in [-0.15, -0.1) is 0 Å². The normalized spacial score (nSPS) is 45.9. The first-order valence-corrected chi connectivity index (χ1v) is 8.65. The molecule has 21 heavy (non-hydrogen) atoms. The lowest BCUT2D eigenvalue weighted by atomic mass is 9.49. The first kappa shape index (κ1) is 14.0. The maximum Gasteiger partial charge on any atom is 0.305 e. The molecule has 118 valence electrons. The maximum atomic E-state index is 11.1. The zero-order valence-electron chi connectivity index (χ0n) is 12.8. The summed E-state index contributed by atoms with van der Waals surface area (Å²) in [7, 11) is 0. The molecule has 5 aliphatic rings. The van der Waals surface area contributed by atoms with Gasteiger partial charge < -0.3 is 9.84 Å². The zero-order valence-corrected chi connectivity index (χ0v) is 12.8. The van der Waals surface area contributed by atoms with Crippen molar-refractivity contribution in [3.8, 4) is 0 Å². The Bertz CT molecular complexity index is 387. The van der Waals surface area contributed by atoms with E-state index in [1.54, 1.807) is 0 Å². The van der Waals surface area contributed by atoms with Crippen molar-refractivity contribution in [1.29, 1.82) is 0 Å². The van der Waals surface area contributed by atoms with Crippen LogP contribution in [0.5, 0.6) is 0 Å². The van der Waals surface area contributed by atoms with Gasteiger partial charge >= 0.3 is 5.97 Å². The van der Waals surface area contributed by atoms with Crippen molar-refractivity contribution in [2.24, 2.45) is 23.2 Å². The van der Waals surface area contributed by atoms with Crippen molar-refractivity contribution in [2.45, 2.75) is 51.0 Å². The number of carboxylic acids is 1. The first-order chi connectivity index (χ1) is 10.1. The van der Waals surface area contributed by atoms with Crippen LogP contribution in [0.3, 0.4) is 0 Å². The lowest BCUT2D eigenvalue weighted by molar-refractivity contribution is -0.142. The summed E-state index contributed by atoms with van der Waals surface area (Å²) in [6, 6.07) is 0.0873. The largest absolute Gasteiger partial charge is 0.481 e. The third-order valence-electron chi connectivity index (χ3n) is 6.46. The van der Waals surface area contributed by atoms with E-state index in [4.69, 9.17) is 9.84 Å². The Balaban J connectivity index is 1.47. The Labute approximate surface area is 126 Å². The van der Waals surface area contributed by atoms with Gasteiger partial charge in [0.2, 0.25) is 0 Å². The monoisotopic (exact) mass is 293 g/mol. The summed E-state index contributed by atoms with van der Waals surface area (Å²) in [6.45, 7) is 3.40. The number of hydrogen-bond acceptors (Lipinski definition) is 3. The van der Waals surface area contributed by atoms with Gasteiger partial charge in [0.15, 0.2) is 0 Å². The molecule has 4 bridgehead atoms. The predicted molar refractivity (Wildman–Crippen MR) is 79.0 cm³/mol. The molecule has 1 heterocycles. The Morgan fingerprint density at radius 2 is 1.76 bits per heavy atom. The molecule has 4 saturated carbocycles. The number of carbonyl (C=O) groups is 1. The summed E-state index contributed by atoms with van der Waals surface area (Å²) in [5.41, 5.74) is 0.503. The van der Waals surface area contributed by atoms with Gasteiger partial charge in [0.1, 0.15) is 0 Å². The SMILES string of the molecule is O=C(O)CC1COCCN1CC12CC3CC(CC(C3)C1)C2. The highest BCUT2D eigenvalue weighted by Gasteiger charge is 2.51. The number of aliphatic carboxylic acids is 1. The highest BCUT2D eigenvalue weighted by Crippen LogP contribution is 2.60. The van der Waals surface area contributed by atoms with Gasteiger partial charge in [-0.25, -0.2) is 0 Å². The second-order valence-corrected chi connectivity index (χ2v) is 8.21. The molecule has 1 atom stereocenters. The summed E-state index contributed by atoms with van der Waals surface area (Å²) in [5.74, 6) is 2.21. The smallest absolute Gasteiger partial charge is 0.305 e. The van der Waals surface area contributed by atoms with Crippen molar-refractivity contribution in [3.63, 3.8) is 0 Å². The van der Waals surface area contributed by atoms with Gasteiger partial charge in [-0.1, -0.05) is 0 Å². The van der Waals surface area contributed by atoms with E-state index in [2.05, 4.69) is 4.90 Å². The fourth-order valence-electron chi connectivity index (χ4n) is 6.20. The van der Waals surface area contributed by atoms with E-state index in [-0.39, 0.29) is 12.5 Å². The Hall–Kier alpha value is -0.610. The van der Waals surface area contributed by atoms with Crippen LogP contribution in [0.2, 0.25) is 0 Å². The van der Waals surface area contributed by atoms with Crippen molar-refractivity contribution < 1.29 is 14.6 Å². The van der Waals surface area contributed by atoms with Crippen LogP contribution in [0.15, 0.2) is 0 Å². The molecule has 0 aromatic carbocycles. The Kier molecular flexibility index (Phi) is 3.49. The van der Waals surface area contributed by atoms with Crippen LogP contribution < -0.4 is 0 Å². The van der Waals surface area contributed by atoms with E-state index in [0.29, 0.717) is 12.0 Å². The van der Waals surface area contributed by atoms with Crippen molar-refractivity contribution in [2.75, 3.05) is 26.3 Å². The quantitative estimate of drug-likeness (QED) is 0.864. The van der Waals surface area contributed by atoms with E-state index in [1.807, 2.05) is 0 Å². The molecular weight excluding hydrogens is 266 g/mol. The van der Waals surface area contributed by atoms with Crippen LogP contribution in [-0.4, -0.2) is 48.3 Å². The second-order valence-electron chi connectivity index (χ2n) is 8.21. The number of ether oxygens (including phenoxy) is 1. The second kappa shape index (κ2) is 5.24. The molecule has 1 unspecified atom stereocenters. The van der Waals surface area contributed by atoms with Crippen LogP contribution in [0.4, 0.5) is 0 Å². The topological polar surface area (TPSA) is 49.8 Å². The number of rotatable bonds is 4. The van der Waals surface area contributed by atoms with E-state index in [9.17, 15) is 4.79 Å². The molecule has 0 radical (unpaired) electrons. The average Bonchev–Trinajstić information content (AvgIpc) is 2.38. The summed E-state index contributed by atoms with van der Waals surface area (Å²) in [6.07, 6.45) is 8.84.